The van der Waals surface area contributed by atoms with Crippen molar-refractivity contribution in [2.45, 2.75) is 20.8 Å². The molecule has 0 saturated carbocycles. The molecule has 0 amide bonds. The van der Waals surface area contributed by atoms with E-state index < -0.39 is 0 Å². The molecular weight excluding hydrogens is 112 g/mol. The topological polar surface area (TPSA) is 36.2 Å². The van der Waals surface area contributed by atoms with Crippen molar-refractivity contribution in [3.8, 4) is 0 Å². The zero-order valence-corrected chi connectivity index (χ0v) is 6.31. The number of nitrogens with one attached hydrogen (secondary N) is 1. The van der Waals surface area contributed by atoms with E-state index in [-0.39, 0.29) is 0 Å². The first-order valence-electron chi connectivity index (χ1n) is 2.97. The van der Waals surface area contributed by atoms with Crippen LogP contribution >= 0.6 is 0 Å². The fourth-order valence-corrected chi connectivity index (χ4v) is 0.165. The Morgan fingerprint density at radius 3 is 2.11 bits per heavy atom. The van der Waals surface area contributed by atoms with E-state index >= 15 is 0 Å². The van der Waals surface area contributed by atoms with E-state index in [2.05, 4.69) is 11.6 Å². The molecule has 0 aliphatic heterocycles. The molecule has 0 aromatic carbocycles. The van der Waals surface area contributed by atoms with E-state index in [0.717, 1.165) is 0 Å². The van der Waals surface area contributed by atoms with E-state index in [1.165, 1.54) is 12.3 Å². The summed E-state index contributed by atoms with van der Waals surface area (Å²) in [4.78, 5) is 3.58. The number of rotatable bonds is 1. The molecule has 0 aliphatic rings. The maximum atomic E-state index is 6.75. The van der Waals surface area contributed by atoms with E-state index in [1.54, 1.807) is 6.92 Å². The van der Waals surface area contributed by atoms with E-state index in [1.807, 2.05) is 13.8 Å². The molecule has 2 heteroatoms. The van der Waals surface area contributed by atoms with Gasteiger partial charge < -0.3 is 0 Å². The number of aliphatic imine (C=N–C) groups is 1. The van der Waals surface area contributed by atoms with Gasteiger partial charge in [0.15, 0.2) is 0 Å². The summed E-state index contributed by atoms with van der Waals surface area (Å²) >= 11 is 0. The highest BCUT2D eigenvalue weighted by Gasteiger charge is 1.68. The second-order valence-corrected chi connectivity index (χ2v) is 1.10. The van der Waals surface area contributed by atoms with Crippen LogP contribution in [-0.2, 0) is 0 Å². The third-order valence-electron chi connectivity index (χ3n) is 0.374. The highest BCUT2D eigenvalue weighted by molar-refractivity contribution is 5.88. The quantitative estimate of drug-likeness (QED) is 0.413. The van der Waals surface area contributed by atoms with Crippen molar-refractivity contribution in [1.29, 1.82) is 5.41 Å². The third kappa shape index (κ3) is 19.3. The van der Waals surface area contributed by atoms with Crippen molar-refractivity contribution in [2.24, 2.45) is 4.99 Å². The van der Waals surface area contributed by atoms with Gasteiger partial charge in [0.05, 0.1) is 0 Å². The van der Waals surface area contributed by atoms with Gasteiger partial charge in [-0.2, -0.15) is 0 Å². The fourth-order valence-electron chi connectivity index (χ4n) is 0.165. The SMILES string of the molecule is C=CC=NC(C)=N.CC. The maximum Gasteiger partial charge on any atom is 0.117 e. The first kappa shape index (κ1) is 11.0. The highest BCUT2D eigenvalue weighted by atomic mass is 14.8. The zero-order chi connectivity index (χ0) is 7.70. The Bertz CT molecular complexity index is 103. The number of hydrogen-bond donors (Lipinski definition) is 1. The Hall–Kier alpha value is -0.920. The van der Waals surface area contributed by atoms with Crippen LogP contribution in [0.15, 0.2) is 17.6 Å². The molecule has 0 rings (SSSR count). The number of amidine groups is 1. The van der Waals surface area contributed by atoms with Crippen molar-refractivity contribution in [3.05, 3.63) is 12.7 Å². The number of hydrogen-bond acceptors (Lipinski definition) is 1. The monoisotopic (exact) mass is 126 g/mol. The van der Waals surface area contributed by atoms with Crippen LogP contribution in [0.4, 0.5) is 0 Å². The van der Waals surface area contributed by atoms with Crippen LogP contribution in [0.1, 0.15) is 20.8 Å². The highest BCUT2D eigenvalue weighted by Crippen LogP contribution is 1.67. The summed E-state index contributed by atoms with van der Waals surface area (Å²) in [6.07, 6.45) is 3.03. The minimum atomic E-state index is 0.305. The second kappa shape index (κ2) is 10.1. The van der Waals surface area contributed by atoms with Crippen LogP contribution in [0.3, 0.4) is 0 Å². The van der Waals surface area contributed by atoms with Gasteiger partial charge in [-0.15, -0.1) is 0 Å². The van der Waals surface area contributed by atoms with Crippen molar-refractivity contribution in [3.63, 3.8) is 0 Å². The molecule has 9 heavy (non-hydrogen) atoms. The van der Waals surface area contributed by atoms with Gasteiger partial charge in [0.1, 0.15) is 5.84 Å². The summed E-state index contributed by atoms with van der Waals surface area (Å²) in [6, 6.07) is 0. The molecule has 0 aliphatic carbocycles. The summed E-state index contributed by atoms with van der Waals surface area (Å²) < 4.78 is 0. The summed E-state index contributed by atoms with van der Waals surface area (Å²) in [5, 5.41) is 6.75. The maximum absolute atomic E-state index is 6.75. The van der Waals surface area contributed by atoms with Gasteiger partial charge in [-0.25, -0.2) is 4.99 Å². The lowest BCUT2D eigenvalue weighted by molar-refractivity contribution is 1.42. The molecule has 52 valence electrons. The Morgan fingerprint density at radius 1 is 1.56 bits per heavy atom. The molecule has 0 aromatic heterocycles. The van der Waals surface area contributed by atoms with Gasteiger partial charge in [0, 0.05) is 6.21 Å². The van der Waals surface area contributed by atoms with Crippen molar-refractivity contribution in [1.82, 2.24) is 0 Å². The van der Waals surface area contributed by atoms with Crippen molar-refractivity contribution < 1.29 is 0 Å². The molecule has 0 spiro atoms. The molecule has 0 fully saturated rings. The molecule has 0 radical (unpaired) electrons. The molecule has 0 bridgehead atoms. The Balaban J connectivity index is 0. The number of allylic oxidation sites excluding steroid dienone is 1. The third-order valence-corrected chi connectivity index (χ3v) is 0.374. The lowest BCUT2D eigenvalue weighted by Gasteiger charge is -1.75. The molecule has 0 heterocycles. The van der Waals surface area contributed by atoms with Crippen LogP contribution < -0.4 is 0 Å². The van der Waals surface area contributed by atoms with E-state index in [4.69, 9.17) is 5.41 Å². The van der Waals surface area contributed by atoms with E-state index in [0.29, 0.717) is 5.84 Å². The molecule has 0 aromatic rings. The smallest absolute Gasteiger partial charge is 0.117 e. The molecule has 2 nitrogen and oxygen atoms in total. The van der Waals surface area contributed by atoms with Crippen molar-refractivity contribution >= 4 is 12.1 Å². The normalized spacial score (nSPS) is 7.89. The van der Waals surface area contributed by atoms with Crippen molar-refractivity contribution in [2.75, 3.05) is 0 Å². The standard InChI is InChI=1S/C5H8N2.C2H6/c1-3-4-7-5(2)6;1-2/h3-4,6H,1H2,2H3;1-2H3. The molecule has 0 saturated heterocycles. The summed E-state index contributed by atoms with van der Waals surface area (Å²) in [5.74, 6) is 0.305. The fraction of sp³-hybridized carbons (Fsp3) is 0.429. The van der Waals surface area contributed by atoms with Crippen LogP contribution in [-0.4, -0.2) is 12.1 Å². The summed E-state index contributed by atoms with van der Waals surface area (Å²) in [7, 11) is 0. The predicted molar refractivity (Wildman–Crippen MR) is 43.4 cm³/mol. The van der Waals surface area contributed by atoms with Gasteiger partial charge in [-0.3, -0.25) is 5.41 Å². The molecular formula is C7H14N2. The van der Waals surface area contributed by atoms with Gasteiger partial charge >= 0.3 is 0 Å². The lowest BCUT2D eigenvalue weighted by atomic mass is 10.6. The first-order chi connectivity index (χ1) is 4.27. The summed E-state index contributed by atoms with van der Waals surface area (Å²) in [5.41, 5.74) is 0. The van der Waals surface area contributed by atoms with Crippen LogP contribution in [0, 0.1) is 5.41 Å². The first-order valence-corrected chi connectivity index (χ1v) is 2.97. The van der Waals surface area contributed by atoms with Gasteiger partial charge in [-0.05, 0) is 6.92 Å². The van der Waals surface area contributed by atoms with Gasteiger partial charge in [-0.1, -0.05) is 26.5 Å². The predicted octanol–water partition coefficient (Wildman–Crippen LogP) is 2.27. The molecule has 0 atom stereocenters. The Morgan fingerprint density at radius 2 is 2.00 bits per heavy atom. The second-order valence-electron chi connectivity index (χ2n) is 1.10. The van der Waals surface area contributed by atoms with Crippen LogP contribution in [0.25, 0.3) is 0 Å². The average Bonchev–Trinajstić information content (AvgIpc) is 1.88. The zero-order valence-electron chi connectivity index (χ0n) is 6.31. The average molecular weight is 126 g/mol. The number of nitrogens with zero attached hydrogens (tertiary/aromatic N) is 1. The van der Waals surface area contributed by atoms with Gasteiger partial charge in [0.2, 0.25) is 0 Å². The Labute approximate surface area is 56.8 Å². The van der Waals surface area contributed by atoms with Gasteiger partial charge in [0.25, 0.3) is 0 Å². The lowest BCUT2D eigenvalue weighted by Crippen LogP contribution is -1.78. The Kier molecular flexibility index (Phi) is 12.3. The summed E-state index contributed by atoms with van der Waals surface area (Å²) in [6.45, 7) is 9.00. The largest absolute Gasteiger partial charge is 0.287 e. The molecule has 1 N–H and O–H groups in total. The minimum Gasteiger partial charge on any atom is -0.287 e. The minimum absolute atomic E-state index is 0.305. The van der Waals surface area contributed by atoms with Crippen LogP contribution in [0.2, 0.25) is 0 Å². The van der Waals surface area contributed by atoms with E-state index in [9.17, 15) is 0 Å². The molecule has 0 unspecified atom stereocenters. The van der Waals surface area contributed by atoms with Crippen LogP contribution in [0.5, 0.6) is 0 Å².